The number of carboxylic acids is 1. The fourth-order valence-corrected chi connectivity index (χ4v) is 3.01. The van der Waals surface area contributed by atoms with E-state index in [1.165, 1.54) is 0 Å². The molecule has 0 radical (unpaired) electrons. The maximum absolute atomic E-state index is 12.6. The number of benzene rings is 1. The van der Waals surface area contributed by atoms with Gasteiger partial charge in [-0.05, 0) is 24.1 Å². The summed E-state index contributed by atoms with van der Waals surface area (Å²) in [6, 6.07) is 4.91. The minimum atomic E-state index is -1.03. The number of nitrogens with one attached hydrogen (secondary N) is 2. The first kappa shape index (κ1) is 19.2. The van der Waals surface area contributed by atoms with E-state index in [0.717, 1.165) is 0 Å². The van der Waals surface area contributed by atoms with Gasteiger partial charge in [0.2, 0.25) is 11.3 Å². The molecule has 10 nitrogen and oxygen atoms in total. The van der Waals surface area contributed by atoms with Crippen molar-refractivity contribution >= 4 is 33.8 Å². The fourth-order valence-electron chi connectivity index (χ4n) is 3.01. The van der Waals surface area contributed by atoms with Gasteiger partial charge in [0.15, 0.2) is 5.52 Å². The van der Waals surface area contributed by atoms with Crippen molar-refractivity contribution in [3.05, 3.63) is 44.3 Å². The van der Waals surface area contributed by atoms with Gasteiger partial charge in [-0.3, -0.25) is 24.3 Å². The first-order valence-corrected chi connectivity index (χ1v) is 8.80. The molecule has 0 atom stereocenters. The van der Waals surface area contributed by atoms with Crippen LogP contribution in [0, 0.1) is 0 Å². The maximum Gasteiger partial charge on any atom is 0.303 e. The van der Waals surface area contributed by atoms with Gasteiger partial charge in [-0.25, -0.2) is 0 Å². The number of hydrogen-bond donors (Lipinski definition) is 3. The van der Waals surface area contributed by atoms with Crippen molar-refractivity contribution in [2.45, 2.75) is 32.7 Å². The van der Waals surface area contributed by atoms with Crippen LogP contribution in [-0.2, 0) is 16.1 Å². The quantitative estimate of drug-likeness (QED) is 0.543. The van der Waals surface area contributed by atoms with Crippen LogP contribution in [-0.4, -0.2) is 48.8 Å². The van der Waals surface area contributed by atoms with E-state index in [4.69, 9.17) is 5.11 Å². The number of aromatic amines is 2. The van der Waals surface area contributed by atoms with Gasteiger partial charge in [0, 0.05) is 24.9 Å². The second-order valence-corrected chi connectivity index (χ2v) is 6.41. The van der Waals surface area contributed by atoms with Gasteiger partial charge in [0.25, 0.3) is 5.56 Å². The number of rotatable bonds is 7. The van der Waals surface area contributed by atoms with E-state index < -0.39 is 17.0 Å². The lowest BCUT2D eigenvalue weighted by Crippen LogP contribution is -2.31. The molecule has 146 valence electrons. The summed E-state index contributed by atoms with van der Waals surface area (Å²) in [4.78, 5) is 52.1. The van der Waals surface area contributed by atoms with Gasteiger partial charge in [-0.1, -0.05) is 18.2 Å². The van der Waals surface area contributed by atoms with Crippen LogP contribution in [0.3, 0.4) is 0 Å². The molecular formula is C18H19N5O5. The first-order valence-electron chi connectivity index (χ1n) is 8.80. The standard InChI is InChI=1S/C18H19N5O5/c1-2-7-23(13(24)5-6-14(25)26)9-10-3-4-11-12(8-10)19-18(28)16-15(17(11)27)20-22-21-16/h3-4,8H,2,5-7,9H2,1H3,(H,19,28)(H,25,26)(H,20,21,22). The van der Waals surface area contributed by atoms with Gasteiger partial charge in [-0.2, -0.15) is 0 Å². The van der Waals surface area contributed by atoms with Crippen molar-refractivity contribution in [1.82, 2.24) is 25.3 Å². The van der Waals surface area contributed by atoms with E-state index in [0.29, 0.717) is 29.4 Å². The number of H-pyrrole nitrogens is 2. The smallest absolute Gasteiger partial charge is 0.303 e. The molecule has 2 aromatic heterocycles. The summed E-state index contributed by atoms with van der Waals surface area (Å²) >= 11 is 0. The summed E-state index contributed by atoms with van der Waals surface area (Å²) in [7, 11) is 0. The van der Waals surface area contributed by atoms with E-state index >= 15 is 0 Å². The lowest BCUT2D eigenvalue weighted by molar-refractivity contribution is -0.141. The van der Waals surface area contributed by atoms with Gasteiger partial charge in [-0.15, -0.1) is 5.10 Å². The molecule has 0 aliphatic carbocycles. The van der Waals surface area contributed by atoms with Crippen molar-refractivity contribution in [1.29, 1.82) is 0 Å². The van der Waals surface area contributed by atoms with Gasteiger partial charge < -0.3 is 15.0 Å². The Morgan fingerprint density at radius 2 is 2.00 bits per heavy atom. The normalized spacial score (nSPS) is 11.0. The zero-order valence-electron chi connectivity index (χ0n) is 15.2. The number of hydrogen-bond acceptors (Lipinski definition) is 6. The Hall–Kier alpha value is -3.56. The maximum atomic E-state index is 12.6. The number of nitrogens with zero attached hydrogens (tertiary/aromatic N) is 3. The summed E-state index contributed by atoms with van der Waals surface area (Å²) < 4.78 is 0. The molecule has 28 heavy (non-hydrogen) atoms. The number of carbonyl (C=O) groups excluding carboxylic acids is 1. The number of fused-ring (bicyclic) bond motifs is 2. The summed E-state index contributed by atoms with van der Waals surface area (Å²) in [5.41, 5.74) is 0.0485. The van der Waals surface area contributed by atoms with E-state index in [-0.39, 0.29) is 36.3 Å². The summed E-state index contributed by atoms with van der Waals surface area (Å²) in [6.07, 6.45) is 0.404. The van der Waals surface area contributed by atoms with Crippen LogP contribution in [0.4, 0.5) is 0 Å². The Morgan fingerprint density at radius 3 is 2.71 bits per heavy atom. The van der Waals surface area contributed by atoms with E-state index in [2.05, 4.69) is 20.4 Å². The van der Waals surface area contributed by atoms with Gasteiger partial charge in [0.1, 0.15) is 5.52 Å². The van der Waals surface area contributed by atoms with Crippen LogP contribution in [0.25, 0.3) is 21.9 Å². The van der Waals surface area contributed by atoms with Crippen molar-refractivity contribution in [3.8, 4) is 0 Å². The molecule has 1 aromatic carbocycles. The van der Waals surface area contributed by atoms with E-state index in [1.807, 2.05) is 6.92 Å². The zero-order chi connectivity index (χ0) is 20.3. The predicted molar refractivity (Wildman–Crippen MR) is 101 cm³/mol. The number of carbonyl (C=O) groups is 2. The molecule has 1 amide bonds. The SMILES string of the molecule is CCCN(Cc1ccc2c(=O)c3[nH]nnc3c(=O)[nH]c2c1)C(=O)CCC(=O)O. The number of amides is 1. The second-order valence-electron chi connectivity index (χ2n) is 6.41. The Bertz CT molecular complexity index is 1170. The fraction of sp³-hybridized carbons (Fsp3) is 0.333. The molecular weight excluding hydrogens is 366 g/mol. The molecule has 3 aromatic rings. The molecule has 3 rings (SSSR count). The molecule has 3 N–H and O–H groups in total. The highest BCUT2D eigenvalue weighted by molar-refractivity contribution is 5.87. The Morgan fingerprint density at radius 1 is 1.21 bits per heavy atom. The van der Waals surface area contributed by atoms with Crippen LogP contribution < -0.4 is 11.0 Å². The Balaban J connectivity index is 1.98. The summed E-state index contributed by atoms with van der Waals surface area (Å²) in [5, 5.41) is 18.7. The molecule has 0 unspecified atom stereocenters. The van der Waals surface area contributed by atoms with Crippen molar-refractivity contribution in [2.75, 3.05) is 6.54 Å². The number of carboxylic acid groups (broad SMARTS) is 1. The third kappa shape index (κ3) is 3.90. The highest BCUT2D eigenvalue weighted by Crippen LogP contribution is 2.14. The topological polar surface area (TPSA) is 149 Å². The van der Waals surface area contributed by atoms with Crippen molar-refractivity contribution in [2.24, 2.45) is 0 Å². The molecule has 0 fully saturated rings. The van der Waals surface area contributed by atoms with E-state index in [1.54, 1.807) is 23.1 Å². The molecule has 2 heterocycles. The number of aliphatic carboxylic acids is 1. The van der Waals surface area contributed by atoms with Gasteiger partial charge >= 0.3 is 5.97 Å². The van der Waals surface area contributed by atoms with Crippen LogP contribution >= 0.6 is 0 Å². The largest absolute Gasteiger partial charge is 0.481 e. The predicted octanol–water partition coefficient (Wildman–Crippen LogP) is 0.763. The molecule has 0 aliphatic rings. The monoisotopic (exact) mass is 385 g/mol. The third-order valence-corrected chi connectivity index (χ3v) is 4.34. The lowest BCUT2D eigenvalue weighted by atomic mass is 10.1. The van der Waals surface area contributed by atoms with Crippen LogP contribution in [0.15, 0.2) is 27.8 Å². The summed E-state index contributed by atoms with van der Waals surface area (Å²) in [5.74, 6) is -1.29. The van der Waals surface area contributed by atoms with Crippen molar-refractivity contribution < 1.29 is 14.7 Å². The highest BCUT2D eigenvalue weighted by Gasteiger charge is 2.16. The third-order valence-electron chi connectivity index (χ3n) is 4.34. The zero-order valence-corrected chi connectivity index (χ0v) is 15.2. The van der Waals surface area contributed by atoms with Crippen LogP contribution in [0.5, 0.6) is 0 Å². The van der Waals surface area contributed by atoms with Crippen LogP contribution in [0.1, 0.15) is 31.7 Å². The average molecular weight is 385 g/mol. The van der Waals surface area contributed by atoms with Gasteiger partial charge in [0.05, 0.1) is 11.9 Å². The Labute approximate surface area is 158 Å². The highest BCUT2D eigenvalue weighted by atomic mass is 16.4. The first-order chi connectivity index (χ1) is 13.4. The molecule has 0 aliphatic heterocycles. The molecule has 10 heteroatoms. The Kier molecular flexibility index (Phi) is 5.48. The minimum absolute atomic E-state index is 0.0282. The number of aromatic nitrogens is 4. The molecule has 0 spiro atoms. The molecule has 0 saturated heterocycles. The minimum Gasteiger partial charge on any atom is -0.481 e. The van der Waals surface area contributed by atoms with Crippen LogP contribution in [0.2, 0.25) is 0 Å². The summed E-state index contributed by atoms with van der Waals surface area (Å²) in [6.45, 7) is 2.64. The second kappa shape index (κ2) is 7.99. The molecule has 0 bridgehead atoms. The van der Waals surface area contributed by atoms with Crippen molar-refractivity contribution in [3.63, 3.8) is 0 Å². The molecule has 0 saturated carbocycles. The average Bonchev–Trinajstić information content (AvgIpc) is 3.12. The van der Waals surface area contributed by atoms with E-state index in [9.17, 15) is 19.2 Å². The lowest BCUT2D eigenvalue weighted by Gasteiger charge is -2.22.